The first kappa shape index (κ1) is 10.2. The Balaban J connectivity index is 3.52. The number of hydrogen-bond acceptors (Lipinski definition) is 3. The maximum absolute atomic E-state index is 10.8. The summed E-state index contributed by atoms with van der Waals surface area (Å²) in [7, 11) is 0. The van der Waals surface area contributed by atoms with Gasteiger partial charge in [-0.25, -0.2) is 9.59 Å². The van der Waals surface area contributed by atoms with Crippen molar-refractivity contribution in [3.05, 3.63) is 28.8 Å². The van der Waals surface area contributed by atoms with Crippen LogP contribution in [0.3, 0.4) is 0 Å². The maximum atomic E-state index is 10.8. The summed E-state index contributed by atoms with van der Waals surface area (Å²) in [4.78, 5) is 24.3. The maximum Gasteiger partial charge on any atom is 0.337 e. The molecule has 0 aliphatic heterocycles. The van der Waals surface area contributed by atoms with Crippen molar-refractivity contribution in [3.63, 3.8) is 0 Å². The van der Waals surface area contributed by atoms with E-state index in [4.69, 9.17) is 5.11 Å². The number of rotatable bonds is 2. The molecule has 0 saturated heterocycles. The van der Waals surface area contributed by atoms with Crippen molar-refractivity contribution in [2.75, 3.05) is 0 Å². The molecular formula is C10H9NO3. The monoisotopic (exact) mass is 191 g/mol. The topological polar surface area (TPSA) is 66.7 Å². The molecule has 1 aromatic rings. The van der Waals surface area contributed by atoms with Crippen LogP contribution in [0.4, 0.5) is 5.69 Å². The minimum atomic E-state index is -1.10. The minimum absolute atomic E-state index is 0.0245. The number of isocyanates is 1. The number of hydrogen-bond donors (Lipinski definition) is 1. The van der Waals surface area contributed by atoms with E-state index in [0.717, 1.165) is 5.56 Å². The average Bonchev–Trinajstić information content (AvgIpc) is 2.13. The molecule has 0 atom stereocenters. The van der Waals surface area contributed by atoms with Crippen LogP contribution in [0, 0.1) is 13.8 Å². The van der Waals surface area contributed by atoms with Crippen LogP contribution in [0.15, 0.2) is 17.1 Å². The minimum Gasteiger partial charge on any atom is -0.478 e. The summed E-state index contributed by atoms with van der Waals surface area (Å²) in [6.45, 7) is 3.54. The summed E-state index contributed by atoms with van der Waals surface area (Å²) in [5.41, 5.74) is 1.79. The van der Waals surface area contributed by atoms with Gasteiger partial charge in [0.1, 0.15) is 0 Å². The zero-order valence-electron chi connectivity index (χ0n) is 7.87. The molecule has 72 valence electrons. The molecule has 1 aromatic carbocycles. The number of aliphatic imine (C=N–C) groups is 1. The van der Waals surface area contributed by atoms with Gasteiger partial charge in [0.2, 0.25) is 6.08 Å². The van der Waals surface area contributed by atoms with Crippen LogP contribution in [0.5, 0.6) is 0 Å². The third-order valence-corrected chi connectivity index (χ3v) is 2.09. The lowest BCUT2D eigenvalue weighted by molar-refractivity contribution is 0.0698. The van der Waals surface area contributed by atoms with Gasteiger partial charge in [0.25, 0.3) is 0 Å². The Morgan fingerprint density at radius 1 is 1.43 bits per heavy atom. The molecule has 4 nitrogen and oxygen atoms in total. The highest BCUT2D eigenvalue weighted by atomic mass is 16.4. The third kappa shape index (κ3) is 1.70. The predicted molar refractivity (Wildman–Crippen MR) is 50.7 cm³/mol. The fraction of sp³-hybridized carbons (Fsp3) is 0.200. The van der Waals surface area contributed by atoms with Crippen LogP contribution in [0.1, 0.15) is 21.5 Å². The van der Waals surface area contributed by atoms with Crippen LogP contribution < -0.4 is 0 Å². The van der Waals surface area contributed by atoms with Gasteiger partial charge in [0, 0.05) is 0 Å². The van der Waals surface area contributed by atoms with Gasteiger partial charge in [-0.15, -0.1) is 0 Å². The molecule has 0 spiro atoms. The third-order valence-electron chi connectivity index (χ3n) is 2.09. The molecule has 1 N–H and O–H groups in total. The molecule has 1 rings (SSSR count). The first-order chi connectivity index (χ1) is 6.57. The summed E-state index contributed by atoms with van der Waals surface area (Å²) in [6, 6.07) is 3.11. The molecule has 0 aliphatic rings. The number of aromatic carboxylic acids is 1. The first-order valence-corrected chi connectivity index (χ1v) is 3.99. The van der Waals surface area contributed by atoms with E-state index in [0.29, 0.717) is 5.56 Å². The van der Waals surface area contributed by atoms with Crippen molar-refractivity contribution < 1.29 is 14.7 Å². The number of carboxylic acids is 1. The summed E-state index contributed by atoms with van der Waals surface area (Å²) >= 11 is 0. The zero-order valence-corrected chi connectivity index (χ0v) is 7.87. The molecule has 0 heterocycles. The highest BCUT2D eigenvalue weighted by Gasteiger charge is 2.12. The van der Waals surface area contributed by atoms with E-state index >= 15 is 0 Å². The fourth-order valence-corrected chi connectivity index (χ4v) is 1.16. The molecule has 14 heavy (non-hydrogen) atoms. The average molecular weight is 191 g/mol. The molecular weight excluding hydrogens is 182 g/mol. The number of aryl methyl sites for hydroxylation is 1. The molecule has 0 saturated carbocycles. The van der Waals surface area contributed by atoms with E-state index in [1.807, 2.05) is 6.92 Å². The first-order valence-electron chi connectivity index (χ1n) is 3.99. The van der Waals surface area contributed by atoms with Crippen molar-refractivity contribution in [1.82, 2.24) is 0 Å². The summed E-state index contributed by atoms with van der Waals surface area (Å²) in [6.07, 6.45) is 1.36. The van der Waals surface area contributed by atoms with Crippen LogP contribution in [-0.2, 0) is 4.79 Å². The number of benzene rings is 1. The van der Waals surface area contributed by atoms with Gasteiger partial charge in [-0.3, -0.25) is 0 Å². The lowest BCUT2D eigenvalue weighted by atomic mass is 10.0. The van der Waals surface area contributed by atoms with Crippen molar-refractivity contribution in [3.8, 4) is 0 Å². The number of carbonyl (C=O) groups excluding carboxylic acids is 1. The highest BCUT2D eigenvalue weighted by molar-refractivity contribution is 5.94. The summed E-state index contributed by atoms with van der Waals surface area (Å²) < 4.78 is 0. The number of nitrogens with zero attached hydrogens (tertiary/aromatic N) is 1. The quantitative estimate of drug-likeness (QED) is 0.574. The van der Waals surface area contributed by atoms with E-state index in [2.05, 4.69) is 4.99 Å². The van der Waals surface area contributed by atoms with E-state index in [9.17, 15) is 9.59 Å². The largest absolute Gasteiger partial charge is 0.478 e. The molecule has 0 unspecified atom stereocenters. The Morgan fingerprint density at radius 2 is 2.07 bits per heavy atom. The van der Waals surface area contributed by atoms with Crippen LogP contribution >= 0.6 is 0 Å². The molecule has 0 aromatic heterocycles. The van der Waals surface area contributed by atoms with Crippen molar-refractivity contribution >= 4 is 17.7 Å². The van der Waals surface area contributed by atoms with Crippen molar-refractivity contribution in [1.29, 1.82) is 0 Å². The Kier molecular flexibility index (Phi) is 2.79. The van der Waals surface area contributed by atoms with Crippen molar-refractivity contribution in [2.24, 2.45) is 4.99 Å². The molecule has 0 bridgehead atoms. The second-order valence-electron chi connectivity index (χ2n) is 2.91. The zero-order chi connectivity index (χ0) is 10.7. The lowest BCUT2D eigenvalue weighted by Gasteiger charge is -2.05. The predicted octanol–water partition coefficient (Wildman–Crippen LogP) is 1.97. The van der Waals surface area contributed by atoms with Gasteiger partial charge < -0.3 is 5.11 Å². The molecule has 0 radical (unpaired) electrons. The highest BCUT2D eigenvalue weighted by Crippen LogP contribution is 2.26. The van der Waals surface area contributed by atoms with Gasteiger partial charge >= 0.3 is 5.97 Å². The molecule has 0 amide bonds. The second kappa shape index (κ2) is 3.85. The lowest BCUT2D eigenvalue weighted by Crippen LogP contribution is -1.98. The van der Waals surface area contributed by atoms with Gasteiger partial charge in [0.05, 0.1) is 11.3 Å². The Morgan fingerprint density at radius 3 is 2.57 bits per heavy atom. The van der Waals surface area contributed by atoms with Crippen molar-refractivity contribution in [2.45, 2.75) is 13.8 Å². The Bertz CT molecular complexity index is 431. The van der Waals surface area contributed by atoms with Crippen LogP contribution in [0.2, 0.25) is 0 Å². The van der Waals surface area contributed by atoms with E-state index in [1.54, 1.807) is 13.0 Å². The smallest absolute Gasteiger partial charge is 0.337 e. The normalized spacial score (nSPS) is 9.29. The van der Waals surface area contributed by atoms with Crippen LogP contribution in [-0.4, -0.2) is 17.2 Å². The second-order valence-corrected chi connectivity index (χ2v) is 2.91. The van der Waals surface area contributed by atoms with Gasteiger partial charge in [-0.05, 0) is 31.0 Å². The number of carboxylic acid groups (broad SMARTS) is 1. The summed E-state index contributed by atoms with van der Waals surface area (Å²) in [5.74, 6) is -1.10. The van der Waals surface area contributed by atoms with E-state index in [-0.39, 0.29) is 11.3 Å². The van der Waals surface area contributed by atoms with E-state index in [1.165, 1.54) is 12.1 Å². The molecule has 0 fully saturated rings. The van der Waals surface area contributed by atoms with Gasteiger partial charge in [0.15, 0.2) is 0 Å². The molecule has 4 heteroatoms. The van der Waals surface area contributed by atoms with E-state index < -0.39 is 5.97 Å². The molecule has 0 aliphatic carbocycles. The Labute approximate surface area is 80.9 Å². The fourth-order valence-electron chi connectivity index (χ4n) is 1.16. The standard InChI is InChI=1S/C10H9NO3/c1-6-3-4-8(10(13)14)9(7(6)2)11-5-12/h3-4H,1-2H3,(H,13,14). The Hall–Kier alpha value is -1.93. The number of carbonyl (C=O) groups is 1. The van der Waals surface area contributed by atoms with Crippen LogP contribution in [0.25, 0.3) is 0 Å². The summed E-state index contributed by atoms with van der Waals surface area (Å²) in [5, 5.41) is 8.82. The van der Waals surface area contributed by atoms with Gasteiger partial charge in [-0.1, -0.05) is 6.07 Å². The van der Waals surface area contributed by atoms with Gasteiger partial charge in [-0.2, -0.15) is 4.99 Å². The SMILES string of the molecule is Cc1ccc(C(=O)O)c(N=C=O)c1C.